The zero-order valence-corrected chi connectivity index (χ0v) is 20.0. The van der Waals surface area contributed by atoms with E-state index in [9.17, 15) is 19.8 Å². The minimum Gasteiger partial charge on any atom is -0.480 e. The zero-order valence-electron chi connectivity index (χ0n) is 20.0. The topological polar surface area (TPSA) is 116 Å². The second-order valence-corrected chi connectivity index (χ2v) is 9.44. The van der Waals surface area contributed by atoms with Gasteiger partial charge in [0.25, 0.3) is 5.56 Å². The Morgan fingerprint density at radius 1 is 1.35 bits per heavy atom. The first-order valence-corrected chi connectivity index (χ1v) is 11.8. The summed E-state index contributed by atoms with van der Waals surface area (Å²) in [5.74, 6) is -0.687. The fourth-order valence-electron chi connectivity index (χ4n) is 4.86. The largest absolute Gasteiger partial charge is 0.480 e. The Labute approximate surface area is 199 Å². The first-order valence-electron chi connectivity index (χ1n) is 11.8. The standard InChI is InChI=1S/C25H34N4O5/c1-15-9-19(13-28(3)24(15)31)23-27-20-7-6-17(11-26-22(16(2)30)25(32)33)10-21(20)29(23)12-18-5-4-8-34-14-18/h6-7,9-10,13,16,18,22-23,26-27,30H,4-5,8,11-12,14H2,1-3H3,(H,32,33)/t16-,18?,22+,23?/m1/s1. The number of nitrogens with zero attached hydrogens (tertiary/aromatic N) is 2. The molecule has 1 saturated heterocycles. The lowest BCUT2D eigenvalue weighted by Crippen LogP contribution is -2.44. The molecule has 9 heteroatoms. The summed E-state index contributed by atoms with van der Waals surface area (Å²) in [5, 5.41) is 25.7. The third-order valence-electron chi connectivity index (χ3n) is 6.66. The van der Waals surface area contributed by atoms with Crippen molar-refractivity contribution in [3.05, 3.63) is 57.5 Å². The molecule has 1 aromatic carbocycles. The molecule has 0 amide bonds. The van der Waals surface area contributed by atoms with Gasteiger partial charge in [0.15, 0.2) is 0 Å². The van der Waals surface area contributed by atoms with Crippen LogP contribution in [0.2, 0.25) is 0 Å². The van der Waals surface area contributed by atoms with E-state index in [0.29, 0.717) is 18.0 Å². The van der Waals surface area contributed by atoms with Crippen LogP contribution in [0, 0.1) is 12.8 Å². The molecule has 0 spiro atoms. The van der Waals surface area contributed by atoms with Crippen LogP contribution in [0.25, 0.3) is 0 Å². The van der Waals surface area contributed by atoms with E-state index in [1.807, 2.05) is 31.3 Å². The summed E-state index contributed by atoms with van der Waals surface area (Å²) in [7, 11) is 1.77. The molecule has 0 bridgehead atoms. The van der Waals surface area contributed by atoms with E-state index in [2.05, 4.69) is 21.6 Å². The maximum absolute atomic E-state index is 12.3. The zero-order chi connectivity index (χ0) is 24.4. The number of aryl methyl sites for hydroxylation is 2. The summed E-state index contributed by atoms with van der Waals surface area (Å²) in [6.07, 6.45) is 2.89. The minimum atomic E-state index is -1.08. The number of hydrogen-bond acceptors (Lipinski definition) is 7. The van der Waals surface area contributed by atoms with Gasteiger partial charge in [0.1, 0.15) is 12.2 Å². The van der Waals surface area contributed by atoms with Gasteiger partial charge in [0.2, 0.25) is 0 Å². The summed E-state index contributed by atoms with van der Waals surface area (Å²) < 4.78 is 7.35. The van der Waals surface area contributed by atoms with Crippen molar-refractivity contribution in [2.24, 2.45) is 13.0 Å². The molecule has 2 aromatic rings. The van der Waals surface area contributed by atoms with Gasteiger partial charge in [-0.05, 0) is 56.4 Å². The Bertz CT molecular complexity index is 1070. The van der Waals surface area contributed by atoms with Gasteiger partial charge in [0, 0.05) is 44.1 Å². The number of carboxylic acid groups (broad SMARTS) is 1. The van der Waals surface area contributed by atoms with Gasteiger partial charge in [-0.3, -0.25) is 14.9 Å². The lowest BCUT2D eigenvalue weighted by Gasteiger charge is -2.33. The second-order valence-electron chi connectivity index (χ2n) is 9.44. The van der Waals surface area contributed by atoms with E-state index in [-0.39, 0.29) is 11.7 Å². The van der Waals surface area contributed by atoms with Crippen LogP contribution < -0.4 is 21.1 Å². The third kappa shape index (κ3) is 5.11. The van der Waals surface area contributed by atoms with Crippen LogP contribution in [-0.2, 0) is 23.1 Å². The number of rotatable bonds is 8. The number of hydrogen-bond donors (Lipinski definition) is 4. The molecule has 0 aliphatic carbocycles. The number of aromatic nitrogens is 1. The van der Waals surface area contributed by atoms with Gasteiger partial charge in [-0.25, -0.2) is 0 Å². The fourth-order valence-corrected chi connectivity index (χ4v) is 4.86. The number of carbonyl (C=O) groups is 1. The number of aliphatic carboxylic acids is 1. The van der Waals surface area contributed by atoms with E-state index < -0.39 is 18.1 Å². The maximum atomic E-state index is 12.3. The number of aliphatic hydroxyl groups is 1. The summed E-state index contributed by atoms with van der Waals surface area (Å²) in [6, 6.07) is 6.93. The average molecular weight is 471 g/mol. The highest BCUT2D eigenvalue weighted by Gasteiger charge is 2.33. The third-order valence-corrected chi connectivity index (χ3v) is 6.66. The Kier molecular flexibility index (Phi) is 7.25. The van der Waals surface area contributed by atoms with Crippen molar-refractivity contribution in [3.63, 3.8) is 0 Å². The van der Waals surface area contributed by atoms with Crippen LogP contribution in [0.5, 0.6) is 0 Å². The van der Waals surface area contributed by atoms with Crippen molar-refractivity contribution < 1.29 is 19.7 Å². The van der Waals surface area contributed by atoms with Crippen LogP contribution in [0.4, 0.5) is 11.4 Å². The van der Waals surface area contributed by atoms with Crippen molar-refractivity contribution in [3.8, 4) is 0 Å². The van der Waals surface area contributed by atoms with E-state index >= 15 is 0 Å². The molecule has 184 valence electrons. The fraction of sp³-hybridized carbons (Fsp3) is 0.520. The smallest absolute Gasteiger partial charge is 0.323 e. The molecule has 0 radical (unpaired) electrons. The van der Waals surface area contributed by atoms with Crippen LogP contribution >= 0.6 is 0 Å². The molecule has 2 aliphatic heterocycles. The molecule has 2 unspecified atom stereocenters. The number of benzene rings is 1. The first-order chi connectivity index (χ1) is 16.2. The molecule has 2 aliphatic rings. The van der Waals surface area contributed by atoms with Crippen LogP contribution in [0.15, 0.2) is 35.3 Å². The lowest BCUT2D eigenvalue weighted by molar-refractivity contribution is -0.142. The molecule has 34 heavy (non-hydrogen) atoms. The Hall–Kier alpha value is -2.88. The highest BCUT2D eigenvalue weighted by atomic mass is 16.5. The van der Waals surface area contributed by atoms with Crippen LogP contribution in [0.1, 0.15) is 42.6 Å². The van der Waals surface area contributed by atoms with Crippen molar-refractivity contribution in [2.45, 2.75) is 51.5 Å². The Balaban J connectivity index is 1.63. The summed E-state index contributed by atoms with van der Waals surface area (Å²) in [4.78, 5) is 26.0. The number of fused-ring (bicyclic) bond motifs is 1. The van der Waals surface area contributed by atoms with Crippen molar-refractivity contribution in [2.75, 3.05) is 30.0 Å². The molecule has 9 nitrogen and oxygen atoms in total. The Morgan fingerprint density at radius 2 is 2.15 bits per heavy atom. The molecule has 4 N–H and O–H groups in total. The lowest BCUT2D eigenvalue weighted by atomic mass is 10.0. The Morgan fingerprint density at radius 3 is 2.79 bits per heavy atom. The molecule has 1 aromatic heterocycles. The van der Waals surface area contributed by atoms with Crippen molar-refractivity contribution in [1.29, 1.82) is 0 Å². The number of anilines is 2. The average Bonchev–Trinajstić information content (AvgIpc) is 3.15. The van der Waals surface area contributed by atoms with Crippen molar-refractivity contribution >= 4 is 17.3 Å². The predicted molar refractivity (Wildman–Crippen MR) is 130 cm³/mol. The molecule has 1 fully saturated rings. The van der Waals surface area contributed by atoms with Gasteiger partial charge in [-0.15, -0.1) is 0 Å². The number of ether oxygens (including phenoxy) is 1. The minimum absolute atomic E-state index is 0.00838. The van der Waals surface area contributed by atoms with Gasteiger partial charge >= 0.3 is 5.97 Å². The first kappa shape index (κ1) is 24.3. The van der Waals surface area contributed by atoms with Gasteiger partial charge < -0.3 is 29.7 Å². The summed E-state index contributed by atoms with van der Waals surface area (Å²) >= 11 is 0. The SMILES string of the molecule is Cc1cc(C2Nc3ccc(CN[C@H](C(=O)O)[C@@H](C)O)cc3N2CC2CCCOC2)cn(C)c1=O. The van der Waals surface area contributed by atoms with E-state index in [1.165, 1.54) is 6.92 Å². The molecule has 4 atom stereocenters. The summed E-state index contributed by atoms with van der Waals surface area (Å²) in [5.41, 5.74) is 4.64. The number of aliphatic hydroxyl groups excluding tert-OH is 1. The van der Waals surface area contributed by atoms with Gasteiger partial charge in [0.05, 0.1) is 24.1 Å². The molecule has 0 saturated carbocycles. The summed E-state index contributed by atoms with van der Waals surface area (Å²) in [6.45, 7) is 5.94. The highest BCUT2D eigenvalue weighted by Crippen LogP contribution is 2.42. The molecule has 4 rings (SSSR count). The highest BCUT2D eigenvalue weighted by molar-refractivity contribution is 5.78. The van der Waals surface area contributed by atoms with Crippen LogP contribution in [-0.4, -0.2) is 52.7 Å². The van der Waals surface area contributed by atoms with Crippen molar-refractivity contribution in [1.82, 2.24) is 9.88 Å². The van der Waals surface area contributed by atoms with Crippen LogP contribution in [0.3, 0.4) is 0 Å². The maximum Gasteiger partial charge on any atom is 0.323 e. The molecule has 3 heterocycles. The quantitative estimate of drug-likeness (QED) is 0.463. The number of pyridine rings is 1. The van der Waals surface area contributed by atoms with E-state index in [1.54, 1.807) is 11.6 Å². The number of carboxylic acids is 1. The second kappa shape index (κ2) is 10.2. The van der Waals surface area contributed by atoms with E-state index in [0.717, 1.165) is 55.1 Å². The number of nitrogens with one attached hydrogen (secondary N) is 2. The van der Waals surface area contributed by atoms with Gasteiger partial charge in [-0.1, -0.05) is 6.07 Å². The van der Waals surface area contributed by atoms with Gasteiger partial charge in [-0.2, -0.15) is 0 Å². The predicted octanol–water partition coefficient (Wildman–Crippen LogP) is 1.97. The monoisotopic (exact) mass is 470 g/mol. The molecular weight excluding hydrogens is 436 g/mol. The normalized spacial score (nSPS) is 21.6. The molecular formula is C25H34N4O5. The van der Waals surface area contributed by atoms with E-state index in [4.69, 9.17) is 4.74 Å².